The summed E-state index contributed by atoms with van der Waals surface area (Å²) >= 11 is 0. The van der Waals surface area contributed by atoms with E-state index in [4.69, 9.17) is 0 Å². The fourth-order valence-corrected chi connectivity index (χ4v) is 4.28. The number of hydrogen-bond donors (Lipinski definition) is 1. The van der Waals surface area contributed by atoms with Crippen molar-refractivity contribution in [3.63, 3.8) is 0 Å². The minimum absolute atomic E-state index is 0.0620. The van der Waals surface area contributed by atoms with Crippen molar-refractivity contribution in [1.82, 2.24) is 9.80 Å². The predicted octanol–water partition coefficient (Wildman–Crippen LogP) is 1.43. The summed E-state index contributed by atoms with van der Waals surface area (Å²) in [6, 6.07) is 0.486. The Bertz CT molecular complexity index is 443. The fourth-order valence-electron chi connectivity index (χ4n) is 4.28. The van der Waals surface area contributed by atoms with Gasteiger partial charge in [0.15, 0.2) is 0 Å². The zero-order chi connectivity index (χ0) is 15.2. The van der Waals surface area contributed by atoms with Crippen LogP contribution in [0.4, 0.5) is 0 Å². The Morgan fingerprint density at radius 3 is 2.29 bits per heavy atom. The van der Waals surface area contributed by atoms with Crippen LogP contribution in [-0.4, -0.2) is 59.0 Å². The fraction of sp³-hybridized carbons (Fsp3) is 0.875. The highest BCUT2D eigenvalue weighted by Crippen LogP contribution is 2.59. The molecule has 3 rings (SSSR count). The lowest BCUT2D eigenvalue weighted by molar-refractivity contribution is -0.141. The first-order valence-corrected chi connectivity index (χ1v) is 8.18. The lowest BCUT2D eigenvalue weighted by Crippen LogP contribution is -2.42. The van der Waals surface area contributed by atoms with E-state index in [1.54, 1.807) is 0 Å². The van der Waals surface area contributed by atoms with Gasteiger partial charge < -0.3 is 10.0 Å². The zero-order valence-electron chi connectivity index (χ0n) is 13.0. The van der Waals surface area contributed by atoms with E-state index in [1.807, 2.05) is 18.7 Å². The summed E-state index contributed by atoms with van der Waals surface area (Å²) in [5.74, 6) is -1.59. The molecule has 2 heterocycles. The van der Waals surface area contributed by atoms with Crippen LogP contribution in [0, 0.1) is 17.3 Å². The van der Waals surface area contributed by atoms with Gasteiger partial charge in [0.2, 0.25) is 5.91 Å². The number of aliphatic carboxylic acids is 1. The Morgan fingerprint density at radius 1 is 1.05 bits per heavy atom. The third kappa shape index (κ3) is 2.56. The maximum atomic E-state index is 12.6. The third-order valence-electron chi connectivity index (χ3n) is 5.74. The Hall–Kier alpha value is -1.10. The number of carboxylic acids is 1. The van der Waals surface area contributed by atoms with Crippen molar-refractivity contribution in [2.24, 2.45) is 17.3 Å². The van der Waals surface area contributed by atoms with E-state index in [-0.39, 0.29) is 17.2 Å². The summed E-state index contributed by atoms with van der Waals surface area (Å²) in [4.78, 5) is 28.3. The lowest BCUT2D eigenvalue weighted by atomic mass is 10.1. The van der Waals surface area contributed by atoms with Crippen molar-refractivity contribution < 1.29 is 14.7 Å². The largest absolute Gasteiger partial charge is 0.481 e. The van der Waals surface area contributed by atoms with Crippen LogP contribution in [0.3, 0.4) is 0 Å². The number of piperidine rings is 1. The number of carbonyl (C=O) groups is 2. The van der Waals surface area contributed by atoms with E-state index in [0.717, 1.165) is 32.6 Å². The van der Waals surface area contributed by atoms with Crippen molar-refractivity contribution in [3.8, 4) is 0 Å². The summed E-state index contributed by atoms with van der Waals surface area (Å²) in [6.45, 7) is 7.68. The normalized spacial score (nSPS) is 35.7. The SMILES string of the molecule is CC1(C)C(C(=O)O)C1C(=O)N1CCC(N2CCCCC2)C1. The van der Waals surface area contributed by atoms with Gasteiger partial charge in [-0.25, -0.2) is 0 Å². The molecule has 1 saturated carbocycles. The minimum Gasteiger partial charge on any atom is -0.481 e. The lowest BCUT2D eigenvalue weighted by Gasteiger charge is -2.32. The molecule has 3 fully saturated rings. The first-order chi connectivity index (χ1) is 9.93. The first kappa shape index (κ1) is 14.8. The van der Waals surface area contributed by atoms with E-state index >= 15 is 0 Å². The molecular formula is C16H26N2O3. The van der Waals surface area contributed by atoms with Gasteiger partial charge in [-0.3, -0.25) is 14.5 Å². The van der Waals surface area contributed by atoms with Crippen LogP contribution in [0.2, 0.25) is 0 Å². The van der Waals surface area contributed by atoms with E-state index in [9.17, 15) is 14.7 Å². The highest BCUT2D eigenvalue weighted by molar-refractivity contribution is 5.91. The molecule has 2 aliphatic heterocycles. The molecule has 3 aliphatic rings. The van der Waals surface area contributed by atoms with Crippen molar-refractivity contribution in [2.45, 2.75) is 45.6 Å². The maximum Gasteiger partial charge on any atom is 0.307 e. The first-order valence-electron chi connectivity index (χ1n) is 8.18. The van der Waals surface area contributed by atoms with Crippen molar-refractivity contribution in [3.05, 3.63) is 0 Å². The smallest absolute Gasteiger partial charge is 0.307 e. The molecule has 1 aliphatic carbocycles. The van der Waals surface area contributed by atoms with Crippen LogP contribution < -0.4 is 0 Å². The second-order valence-corrected chi connectivity index (χ2v) is 7.44. The average Bonchev–Trinajstić information content (AvgIpc) is 2.84. The number of carbonyl (C=O) groups excluding carboxylic acids is 1. The average molecular weight is 294 g/mol. The number of carboxylic acid groups (broad SMARTS) is 1. The molecule has 5 nitrogen and oxygen atoms in total. The Kier molecular flexibility index (Phi) is 3.72. The molecule has 3 unspecified atom stereocenters. The summed E-state index contributed by atoms with van der Waals surface area (Å²) in [6.07, 6.45) is 4.89. The Morgan fingerprint density at radius 2 is 1.71 bits per heavy atom. The standard InChI is InChI=1S/C16H26N2O3/c1-16(2)12(13(16)15(20)21)14(19)18-9-6-11(10-18)17-7-4-3-5-8-17/h11-13H,3-10H2,1-2H3,(H,20,21). The van der Waals surface area contributed by atoms with Gasteiger partial charge in [-0.05, 0) is 37.8 Å². The van der Waals surface area contributed by atoms with Gasteiger partial charge in [0, 0.05) is 19.1 Å². The van der Waals surface area contributed by atoms with Crippen molar-refractivity contribution >= 4 is 11.9 Å². The molecule has 3 atom stereocenters. The number of amides is 1. The van der Waals surface area contributed by atoms with Gasteiger partial charge in [-0.2, -0.15) is 0 Å². The number of hydrogen-bond acceptors (Lipinski definition) is 3. The molecule has 0 aromatic rings. The molecule has 5 heteroatoms. The van der Waals surface area contributed by atoms with Crippen LogP contribution in [0.1, 0.15) is 39.5 Å². The van der Waals surface area contributed by atoms with Crippen LogP contribution >= 0.6 is 0 Å². The van der Waals surface area contributed by atoms with E-state index < -0.39 is 11.9 Å². The molecule has 0 aromatic carbocycles. The summed E-state index contributed by atoms with van der Waals surface area (Å²) in [7, 11) is 0. The molecule has 21 heavy (non-hydrogen) atoms. The maximum absolute atomic E-state index is 12.6. The monoisotopic (exact) mass is 294 g/mol. The molecule has 0 bridgehead atoms. The van der Waals surface area contributed by atoms with Crippen LogP contribution in [0.25, 0.3) is 0 Å². The molecule has 1 N–H and O–H groups in total. The molecule has 0 aromatic heterocycles. The second-order valence-electron chi connectivity index (χ2n) is 7.44. The van der Waals surface area contributed by atoms with Gasteiger partial charge in [-0.1, -0.05) is 20.3 Å². The van der Waals surface area contributed by atoms with Crippen molar-refractivity contribution in [2.75, 3.05) is 26.2 Å². The van der Waals surface area contributed by atoms with E-state index in [0.29, 0.717) is 6.04 Å². The summed E-state index contributed by atoms with van der Waals surface area (Å²) in [5.41, 5.74) is -0.383. The number of rotatable bonds is 3. The molecular weight excluding hydrogens is 268 g/mol. The van der Waals surface area contributed by atoms with Gasteiger partial charge >= 0.3 is 5.97 Å². The highest BCUT2D eigenvalue weighted by atomic mass is 16.4. The summed E-state index contributed by atoms with van der Waals surface area (Å²) < 4.78 is 0. The molecule has 0 radical (unpaired) electrons. The molecule has 2 saturated heterocycles. The van der Waals surface area contributed by atoms with Crippen molar-refractivity contribution in [1.29, 1.82) is 0 Å². The topological polar surface area (TPSA) is 60.9 Å². The van der Waals surface area contributed by atoms with Gasteiger partial charge in [0.25, 0.3) is 0 Å². The quantitative estimate of drug-likeness (QED) is 0.855. The van der Waals surface area contributed by atoms with E-state index in [2.05, 4.69) is 4.90 Å². The van der Waals surface area contributed by atoms with Gasteiger partial charge in [0.05, 0.1) is 11.8 Å². The highest BCUT2D eigenvalue weighted by Gasteiger charge is 2.66. The minimum atomic E-state index is -0.829. The summed E-state index contributed by atoms with van der Waals surface area (Å²) in [5, 5.41) is 9.23. The third-order valence-corrected chi connectivity index (χ3v) is 5.74. The van der Waals surface area contributed by atoms with Gasteiger partial charge in [-0.15, -0.1) is 0 Å². The number of likely N-dealkylation sites (tertiary alicyclic amines) is 2. The number of nitrogens with zero attached hydrogens (tertiary/aromatic N) is 2. The second kappa shape index (κ2) is 5.27. The van der Waals surface area contributed by atoms with Crippen LogP contribution in [-0.2, 0) is 9.59 Å². The molecule has 1 amide bonds. The van der Waals surface area contributed by atoms with Crippen LogP contribution in [0.15, 0.2) is 0 Å². The van der Waals surface area contributed by atoms with Crippen LogP contribution in [0.5, 0.6) is 0 Å². The predicted molar refractivity (Wildman–Crippen MR) is 78.8 cm³/mol. The van der Waals surface area contributed by atoms with E-state index in [1.165, 1.54) is 19.3 Å². The van der Waals surface area contributed by atoms with Gasteiger partial charge in [0.1, 0.15) is 0 Å². The Labute approximate surface area is 126 Å². The molecule has 118 valence electrons. The zero-order valence-corrected chi connectivity index (χ0v) is 13.0. The molecule has 0 spiro atoms. The Balaban J connectivity index is 1.59.